The van der Waals surface area contributed by atoms with E-state index in [0.29, 0.717) is 25.9 Å². The smallest absolute Gasteiger partial charge is 0.220 e. The van der Waals surface area contributed by atoms with E-state index in [2.05, 4.69) is 45.1 Å². The molecule has 2 heterocycles. The van der Waals surface area contributed by atoms with Gasteiger partial charge in [-0.05, 0) is 59.7 Å². The van der Waals surface area contributed by atoms with Crippen molar-refractivity contribution in [2.75, 3.05) is 12.3 Å². The molecule has 1 fully saturated rings. The number of amides is 2. The van der Waals surface area contributed by atoms with E-state index in [4.69, 9.17) is 9.47 Å². The van der Waals surface area contributed by atoms with Crippen LogP contribution < -0.4 is 10.6 Å². The molecule has 0 spiro atoms. The van der Waals surface area contributed by atoms with Gasteiger partial charge in [-0.2, -0.15) is 0 Å². The largest absolute Gasteiger partial charge is 0.392 e. The number of nitrogens with zero attached hydrogens (tertiary/aromatic N) is 2. The minimum absolute atomic E-state index is 0.000555. The van der Waals surface area contributed by atoms with Gasteiger partial charge in [-0.15, -0.1) is 10.2 Å². The average Bonchev–Trinajstić information content (AvgIpc) is 3.52. The number of thioether (sulfide) groups is 1. The number of carbonyl (C=O) groups excluding carboxylic acids is 2. The van der Waals surface area contributed by atoms with E-state index < -0.39 is 6.29 Å². The van der Waals surface area contributed by atoms with E-state index in [1.807, 2.05) is 55.5 Å². The maximum atomic E-state index is 12.4. The molecule has 0 radical (unpaired) electrons. The van der Waals surface area contributed by atoms with E-state index in [0.717, 1.165) is 67.7 Å². The molecule has 1 aliphatic heterocycles. The van der Waals surface area contributed by atoms with Gasteiger partial charge >= 0.3 is 0 Å². The second-order valence-corrected chi connectivity index (χ2v) is 14.1. The Kier molecular flexibility index (Phi) is 12.9. The van der Waals surface area contributed by atoms with Crippen LogP contribution in [0.2, 0.25) is 0 Å². The molecule has 47 heavy (non-hydrogen) atoms. The summed E-state index contributed by atoms with van der Waals surface area (Å²) >= 11 is 3.23. The zero-order valence-corrected chi connectivity index (χ0v) is 28.4. The Labute approximate surface area is 284 Å². The molecular formula is C36H42N4O5S2. The van der Waals surface area contributed by atoms with Gasteiger partial charge in [0.2, 0.25) is 11.8 Å². The Bertz CT molecular complexity index is 1610. The van der Waals surface area contributed by atoms with Crippen LogP contribution in [-0.4, -0.2) is 45.5 Å². The molecule has 3 atom stereocenters. The van der Waals surface area contributed by atoms with Gasteiger partial charge in [0, 0.05) is 44.2 Å². The standard InChI is InChI=1S/C36H42N4O5S2/c1-24(42)37-17-5-3-4-12-34(43)38-21-27-8-6-9-29(18-27)30-10-7-11-31(19-30)35-44-32(23-46-36-40-39-25(2)47-36)20-33(45-35)28-15-13-26(22-41)14-16-28/h6-11,13-16,18-19,32-33,35,41H,3-5,12,17,20-23H2,1-2H3,(H,37,42)(H,38,43)/t32-,33+,35+/m0/s1. The summed E-state index contributed by atoms with van der Waals surface area (Å²) in [4.78, 5) is 23.4. The molecule has 0 aliphatic carbocycles. The Balaban J connectivity index is 1.23. The van der Waals surface area contributed by atoms with Crippen molar-refractivity contribution in [3.63, 3.8) is 0 Å². The van der Waals surface area contributed by atoms with Crippen molar-refractivity contribution >= 4 is 34.9 Å². The number of nitrogens with one attached hydrogen (secondary N) is 2. The molecule has 0 bridgehead atoms. The van der Waals surface area contributed by atoms with Gasteiger partial charge in [0.1, 0.15) is 5.01 Å². The summed E-state index contributed by atoms with van der Waals surface area (Å²) in [7, 11) is 0. The van der Waals surface area contributed by atoms with Crippen molar-refractivity contribution in [2.45, 2.75) is 81.9 Å². The van der Waals surface area contributed by atoms with Crippen LogP contribution in [-0.2, 0) is 32.2 Å². The van der Waals surface area contributed by atoms with Crippen LogP contribution in [0.4, 0.5) is 0 Å². The monoisotopic (exact) mass is 674 g/mol. The van der Waals surface area contributed by atoms with Gasteiger partial charge in [0.05, 0.1) is 18.8 Å². The van der Waals surface area contributed by atoms with Crippen molar-refractivity contribution in [3.8, 4) is 11.1 Å². The summed E-state index contributed by atoms with van der Waals surface area (Å²) in [6.45, 7) is 4.57. The lowest BCUT2D eigenvalue weighted by atomic mass is 9.99. The van der Waals surface area contributed by atoms with E-state index in [1.54, 1.807) is 23.1 Å². The number of benzene rings is 3. The third kappa shape index (κ3) is 10.7. The predicted molar refractivity (Wildman–Crippen MR) is 185 cm³/mol. The number of hydrogen-bond donors (Lipinski definition) is 3. The minimum Gasteiger partial charge on any atom is -0.392 e. The van der Waals surface area contributed by atoms with E-state index >= 15 is 0 Å². The molecule has 9 nitrogen and oxygen atoms in total. The molecule has 2 amide bonds. The van der Waals surface area contributed by atoms with E-state index in [1.165, 1.54) is 6.92 Å². The lowest BCUT2D eigenvalue weighted by molar-refractivity contribution is -0.245. The van der Waals surface area contributed by atoms with Crippen molar-refractivity contribution in [1.82, 2.24) is 20.8 Å². The second kappa shape index (κ2) is 17.5. The predicted octanol–water partition coefficient (Wildman–Crippen LogP) is 6.66. The van der Waals surface area contributed by atoms with Crippen LogP contribution in [0.3, 0.4) is 0 Å². The molecule has 3 aromatic carbocycles. The molecule has 1 saturated heterocycles. The minimum atomic E-state index is -0.561. The summed E-state index contributed by atoms with van der Waals surface area (Å²) in [5, 5.41) is 24.7. The Morgan fingerprint density at radius 3 is 2.45 bits per heavy atom. The topological polar surface area (TPSA) is 123 Å². The van der Waals surface area contributed by atoms with Crippen LogP contribution in [0.1, 0.15) is 78.7 Å². The number of hydrogen-bond acceptors (Lipinski definition) is 9. The van der Waals surface area contributed by atoms with Gasteiger partial charge in [0.25, 0.3) is 0 Å². The summed E-state index contributed by atoms with van der Waals surface area (Å²) in [6.07, 6.45) is 2.92. The molecule has 4 aromatic rings. The molecule has 0 unspecified atom stereocenters. The lowest BCUT2D eigenvalue weighted by Crippen LogP contribution is -2.31. The number of ether oxygens (including phenoxy) is 2. The van der Waals surface area contributed by atoms with Crippen LogP contribution in [0, 0.1) is 6.92 Å². The zero-order valence-electron chi connectivity index (χ0n) is 26.8. The van der Waals surface area contributed by atoms with Crippen LogP contribution in [0.25, 0.3) is 11.1 Å². The number of aryl methyl sites for hydroxylation is 1. The highest BCUT2D eigenvalue weighted by Gasteiger charge is 2.32. The SMILES string of the molecule is CC(=O)NCCCCCC(=O)NCc1cccc(-c2cccc([C@@H]3O[C@H](CSc4nnc(C)s4)C[C@H](c4ccc(CO)cc4)O3)c2)c1. The van der Waals surface area contributed by atoms with E-state index in [-0.39, 0.29) is 30.6 Å². The summed E-state index contributed by atoms with van der Waals surface area (Å²) in [5.74, 6) is 0.726. The molecule has 1 aliphatic rings. The Morgan fingerprint density at radius 2 is 1.70 bits per heavy atom. The molecule has 0 saturated carbocycles. The van der Waals surface area contributed by atoms with Gasteiger partial charge in [-0.1, -0.05) is 90.2 Å². The van der Waals surface area contributed by atoms with Gasteiger partial charge in [-0.25, -0.2) is 0 Å². The van der Waals surface area contributed by atoms with E-state index in [9.17, 15) is 14.7 Å². The summed E-state index contributed by atoms with van der Waals surface area (Å²) < 4.78 is 14.1. The molecule has 5 rings (SSSR count). The van der Waals surface area contributed by atoms with Crippen LogP contribution in [0.15, 0.2) is 77.1 Å². The fourth-order valence-corrected chi connectivity index (χ4v) is 7.25. The first-order chi connectivity index (χ1) is 22.9. The number of carbonyl (C=O) groups is 2. The lowest BCUT2D eigenvalue weighted by Gasteiger charge is -2.36. The number of unbranched alkanes of at least 4 members (excludes halogenated alkanes) is 2. The zero-order chi connectivity index (χ0) is 33.0. The maximum Gasteiger partial charge on any atom is 0.220 e. The first-order valence-electron chi connectivity index (χ1n) is 16.0. The molecule has 1 aromatic heterocycles. The van der Waals surface area contributed by atoms with Gasteiger partial charge < -0.3 is 25.2 Å². The first kappa shape index (κ1) is 34.7. The average molecular weight is 675 g/mol. The van der Waals surface area contributed by atoms with Crippen LogP contribution >= 0.6 is 23.1 Å². The number of rotatable bonds is 15. The normalized spacial score (nSPS) is 17.7. The fraction of sp³-hybridized carbons (Fsp3) is 0.389. The van der Waals surface area contributed by atoms with Gasteiger partial charge in [-0.3, -0.25) is 9.59 Å². The van der Waals surface area contributed by atoms with Crippen molar-refractivity contribution in [3.05, 3.63) is 100 Å². The fourth-order valence-electron chi connectivity index (χ4n) is 5.39. The number of aromatic nitrogens is 2. The molecule has 3 N–H and O–H groups in total. The number of aliphatic hydroxyl groups is 1. The molecular weight excluding hydrogens is 633 g/mol. The highest BCUT2D eigenvalue weighted by Crippen LogP contribution is 2.40. The summed E-state index contributed by atoms with van der Waals surface area (Å²) in [6, 6.07) is 24.3. The van der Waals surface area contributed by atoms with Gasteiger partial charge in [0.15, 0.2) is 10.6 Å². The van der Waals surface area contributed by atoms with Crippen molar-refractivity contribution < 1.29 is 24.2 Å². The van der Waals surface area contributed by atoms with Crippen molar-refractivity contribution in [1.29, 1.82) is 0 Å². The highest BCUT2D eigenvalue weighted by atomic mass is 32.2. The molecule has 248 valence electrons. The Hall–Kier alpha value is -3.61. The highest BCUT2D eigenvalue weighted by molar-refractivity contribution is 8.01. The third-order valence-electron chi connectivity index (χ3n) is 7.88. The third-order valence-corrected chi connectivity index (χ3v) is 9.98. The maximum absolute atomic E-state index is 12.4. The van der Waals surface area contributed by atoms with Crippen LogP contribution in [0.5, 0.6) is 0 Å². The quantitative estimate of drug-likeness (QED) is 0.0946. The second-order valence-electron chi connectivity index (χ2n) is 11.6. The van der Waals surface area contributed by atoms with Crippen molar-refractivity contribution in [2.24, 2.45) is 0 Å². The first-order valence-corrected chi connectivity index (χ1v) is 17.8. The molecule has 11 heteroatoms. The number of aliphatic hydroxyl groups excluding tert-OH is 1. The Morgan fingerprint density at radius 1 is 0.915 bits per heavy atom. The summed E-state index contributed by atoms with van der Waals surface area (Å²) in [5.41, 5.74) is 5.94.